The average Bonchev–Trinajstić information content (AvgIpc) is 2.99. The highest BCUT2D eigenvalue weighted by atomic mass is 19.4. The highest BCUT2D eigenvalue weighted by Crippen LogP contribution is 2.38. The van der Waals surface area contributed by atoms with Gasteiger partial charge in [-0.25, -0.2) is 4.98 Å². The van der Waals surface area contributed by atoms with E-state index in [0.29, 0.717) is 30.4 Å². The van der Waals surface area contributed by atoms with Crippen molar-refractivity contribution in [3.63, 3.8) is 0 Å². The molecule has 0 atom stereocenters. The van der Waals surface area contributed by atoms with Crippen molar-refractivity contribution in [2.45, 2.75) is 19.6 Å². The molecular formula is C19H16F3N3O3. The summed E-state index contributed by atoms with van der Waals surface area (Å²) in [6, 6.07) is 9.79. The standard InChI is InChI=1S/C19H16F3N3O3/c1-11-2-4-12(5-3-11)23-17(26)10-25-14-9-16-15(27-6-7-28-16)8-13(14)24-18(25)19(20,21)22/h2-5,8-9H,6-7,10H2,1H3,(H,23,26). The zero-order valence-corrected chi connectivity index (χ0v) is 14.8. The number of alkyl halides is 3. The molecule has 1 N–H and O–H groups in total. The molecule has 0 bridgehead atoms. The molecule has 0 spiro atoms. The van der Waals surface area contributed by atoms with Gasteiger partial charge in [0.05, 0.1) is 11.0 Å². The predicted octanol–water partition coefficient (Wildman–Crippen LogP) is 3.77. The van der Waals surface area contributed by atoms with Crippen LogP contribution in [-0.2, 0) is 17.5 Å². The molecule has 0 aliphatic carbocycles. The number of halogens is 3. The van der Waals surface area contributed by atoms with E-state index < -0.39 is 24.5 Å². The molecule has 146 valence electrons. The number of aromatic nitrogens is 2. The fourth-order valence-electron chi connectivity index (χ4n) is 3.02. The van der Waals surface area contributed by atoms with Crippen LogP contribution >= 0.6 is 0 Å². The van der Waals surface area contributed by atoms with Crippen molar-refractivity contribution in [2.24, 2.45) is 0 Å². The number of aryl methyl sites for hydroxylation is 1. The second kappa shape index (κ2) is 6.74. The Bertz CT molecular complexity index is 1040. The van der Waals surface area contributed by atoms with Crippen molar-refractivity contribution in [1.29, 1.82) is 0 Å². The molecule has 0 saturated carbocycles. The van der Waals surface area contributed by atoms with E-state index in [2.05, 4.69) is 10.3 Å². The van der Waals surface area contributed by atoms with Crippen molar-refractivity contribution >= 4 is 22.6 Å². The number of fused-ring (bicyclic) bond motifs is 2. The lowest BCUT2D eigenvalue weighted by atomic mass is 10.2. The fraction of sp³-hybridized carbons (Fsp3) is 0.263. The highest BCUT2D eigenvalue weighted by Gasteiger charge is 2.38. The van der Waals surface area contributed by atoms with Crippen LogP contribution in [0.1, 0.15) is 11.4 Å². The summed E-state index contributed by atoms with van der Waals surface area (Å²) in [5.74, 6) is -1.08. The van der Waals surface area contributed by atoms with E-state index in [1.807, 2.05) is 6.92 Å². The molecule has 3 aromatic rings. The third kappa shape index (κ3) is 3.47. The molecule has 1 amide bonds. The van der Waals surface area contributed by atoms with Crippen LogP contribution < -0.4 is 14.8 Å². The number of carbonyl (C=O) groups excluding carboxylic acids is 1. The van der Waals surface area contributed by atoms with Gasteiger partial charge in [0.1, 0.15) is 19.8 Å². The van der Waals surface area contributed by atoms with Crippen LogP contribution in [0.15, 0.2) is 36.4 Å². The number of benzene rings is 2. The van der Waals surface area contributed by atoms with Crippen molar-refractivity contribution in [3.05, 3.63) is 47.8 Å². The predicted molar refractivity (Wildman–Crippen MR) is 95.5 cm³/mol. The summed E-state index contributed by atoms with van der Waals surface area (Å²) in [7, 11) is 0. The van der Waals surface area contributed by atoms with Gasteiger partial charge < -0.3 is 19.4 Å². The van der Waals surface area contributed by atoms with Gasteiger partial charge in [-0.05, 0) is 19.1 Å². The summed E-state index contributed by atoms with van der Waals surface area (Å²) in [6.45, 7) is 1.96. The Morgan fingerprint density at radius 1 is 1.14 bits per heavy atom. The van der Waals surface area contributed by atoms with Gasteiger partial charge >= 0.3 is 6.18 Å². The second-order valence-electron chi connectivity index (χ2n) is 6.42. The molecule has 9 heteroatoms. The number of nitrogens with one attached hydrogen (secondary N) is 1. The van der Waals surface area contributed by atoms with Gasteiger partial charge in [0.25, 0.3) is 0 Å². The number of nitrogens with zero attached hydrogens (tertiary/aromatic N) is 2. The molecule has 2 aromatic carbocycles. The zero-order chi connectivity index (χ0) is 19.9. The summed E-state index contributed by atoms with van der Waals surface area (Å²) in [4.78, 5) is 16.1. The number of imidazole rings is 1. The molecule has 0 fully saturated rings. The van der Waals surface area contributed by atoms with Crippen molar-refractivity contribution < 1.29 is 27.4 Å². The van der Waals surface area contributed by atoms with Crippen molar-refractivity contribution in [1.82, 2.24) is 9.55 Å². The van der Waals surface area contributed by atoms with E-state index in [4.69, 9.17) is 9.47 Å². The minimum Gasteiger partial charge on any atom is -0.486 e. The summed E-state index contributed by atoms with van der Waals surface area (Å²) < 4.78 is 52.2. The van der Waals surface area contributed by atoms with Crippen LogP contribution in [0.25, 0.3) is 11.0 Å². The molecule has 1 aliphatic rings. The summed E-state index contributed by atoms with van der Waals surface area (Å²) in [5, 5.41) is 2.60. The Morgan fingerprint density at radius 3 is 2.43 bits per heavy atom. The number of hydrogen-bond acceptors (Lipinski definition) is 4. The minimum absolute atomic E-state index is 0.0831. The van der Waals surface area contributed by atoms with Gasteiger partial charge in [-0.2, -0.15) is 13.2 Å². The fourth-order valence-corrected chi connectivity index (χ4v) is 3.02. The monoisotopic (exact) mass is 391 g/mol. The lowest BCUT2D eigenvalue weighted by molar-refractivity contribution is -0.147. The molecular weight excluding hydrogens is 375 g/mol. The third-order valence-corrected chi connectivity index (χ3v) is 4.30. The largest absolute Gasteiger partial charge is 0.486 e. The van der Waals surface area contributed by atoms with Crippen LogP contribution in [0.3, 0.4) is 0 Å². The van der Waals surface area contributed by atoms with E-state index in [0.717, 1.165) is 10.1 Å². The Labute approximate surface area is 157 Å². The van der Waals surface area contributed by atoms with Gasteiger partial charge in [-0.15, -0.1) is 0 Å². The quantitative estimate of drug-likeness (QED) is 0.738. The first-order valence-electron chi connectivity index (χ1n) is 8.55. The maximum Gasteiger partial charge on any atom is 0.449 e. The lowest BCUT2D eigenvalue weighted by Crippen LogP contribution is -2.23. The molecule has 6 nitrogen and oxygen atoms in total. The normalized spacial score (nSPS) is 13.6. The number of hydrogen-bond donors (Lipinski definition) is 1. The molecule has 0 saturated heterocycles. The van der Waals surface area contributed by atoms with Gasteiger partial charge in [-0.3, -0.25) is 4.79 Å². The molecule has 28 heavy (non-hydrogen) atoms. The summed E-state index contributed by atoms with van der Waals surface area (Å²) >= 11 is 0. The van der Waals surface area contributed by atoms with Crippen LogP contribution in [0.2, 0.25) is 0 Å². The first kappa shape index (κ1) is 18.1. The highest BCUT2D eigenvalue weighted by molar-refractivity contribution is 5.92. The first-order chi connectivity index (χ1) is 13.3. The van der Waals surface area contributed by atoms with E-state index in [-0.39, 0.29) is 11.0 Å². The smallest absolute Gasteiger partial charge is 0.449 e. The van der Waals surface area contributed by atoms with E-state index >= 15 is 0 Å². The Kier molecular flexibility index (Phi) is 4.37. The first-order valence-corrected chi connectivity index (χ1v) is 8.55. The summed E-state index contributed by atoms with van der Waals surface area (Å²) in [6.07, 6.45) is -4.72. The van der Waals surface area contributed by atoms with E-state index in [1.165, 1.54) is 12.1 Å². The molecule has 0 unspecified atom stereocenters. The Hall–Kier alpha value is -3.23. The maximum absolute atomic E-state index is 13.5. The number of anilines is 1. The number of amides is 1. The van der Waals surface area contributed by atoms with Gasteiger partial charge in [0, 0.05) is 17.8 Å². The molecule has 1 aromatic heterocycles. The molecule has 2 heterocycles. The van der Waals surface area contributed by atoms with Crippen molar-refractivity contribution in [2.75, 3.05) is 18.5 Å². The SMILES string of the molecule is Cc1ccc(NC(=O)Cn2c(C(F)(F)F)nc3cc4c(cc32)OCCO4)cc1. The van der Waals surface area contributed by atoms with Crippen LogP contribution in [0, 0.1) is 6.92 Å². The topological polar surface area (TPSA) is 65.4 Å². The Balaban J connectivity index is 1.71. The third-order valence-electron chi connectivity index (χ3n) is 4.30. The van der Waals surface area contributed by atoms with Crippen LogP contribution in [0.4, 0.5) is 18.9 Å². The van der Waals surface area contributed by atoms with Gasteiger partial charge in [0.15, 0.2) is 11.5 Å². The molecule has 1 aliphatic heterocycles. The van der Waals surface area contributed by atoms with Gasteiger partial charge in [0.2, 0.25) is 11.7 Å². The van der Waals surface area contributed by atoms with Crippen LogP contribution in [-0.4, -0.2) is 28.7 Å². The van der Waals surface area contributed by atoms with Crippen LogP contribution in [0.5, 0.6) is 11.5 Å². The maximum atomic E-state index is 13.5. The lowest BCUT2D eigenvalue weighted by Gasteiger charge is -2.18. The Morgan fingerprint density at radius 2 is 1.79 bits per heavy atom. The molecule has 0 radical (unpaired) electrons. The zero-order valence-electron chi connectivity index (χ0n) is 14.8. The second-order valence-corrected chi connectivity index (χ2v) is 6.42. The molecule has 4 rings (SSSR count). The summed E-state index contributed by atoms with van der Waals surface area (Å²) in [5.41, 5.74) is 1.74. The number of rotatable bonds is 3. The van der Waals surface area contributed by atoms with Gasteiger partial charge in [-0.1, -0.05) is 17.7 Å². The van der Waals surface area contributed by atoms with E-state index in [9.17, 15) is 18.0 Å². The van der Waals surface area contributed by atoms with Crippen molar-refractivity contribution in [3.8, 4) is 11.5 Å². The minimum atomic E-state index is -4.72. The average molecular weight is 391 g/mol. The number of carbonyl (C=O) groups is 1. The van der Waals surface area contributed by atoms with E-state index in [1.54, 1.807) is 24.3 Å². The number of ether oxygens (including phenoxy) is 2.